The average Bonchev–Trinajstić information content (AvgIpc) is 2.75. The van der Waals surface area contributed by atoms with Gasteiger partial charge in [0.15, 0.2) is 5.25 Å². The number of carbonyl (C=O) groups is 2. The monoisotopic (exact) mass is 497 g/mol. The molecule has 2 aliphatic rings. The Hall–Kier alpha value is -2.30. The molecule has 0 aromatic heterocycles. The maximum atomic E-state index is 13.2. The number of hydrogen-bond acceptors (Lipinski definition) is 5. The van der Waals surface area contributed by atoms with Crippen LogP contribution in [-0.4, -0.2) is 43.5 Å². The number of hydrogen-bond donors (Lipinski definition) is 2. The Kier molecular flexibility index (Phi) is 6.37. The Morgan fingerprint density at radius 1 is 1.22 bits per heavy atom. The van der Waals surface area contributed by atoms with Crippen LogP contribution >= 0.6 is 23.4 Å². The standard InChI is InChI=1S/C21H21ClFN3O4S2/c1-12-6-8-26(9-7-12)21(28)19-20(27)24-17-11-14(3-5-18(17)31-19)32(29,30)25-16-4-2-13(23)10-15(16)22/h2-5,10-12,19,25H,6-9H2,1H3,(H,24,27)/t19-/m0/s1. The lowest BCUT2D eigenvalue weighted by Gasteiger charge is -2.33. The molecule has 0 unspecified atom stereocenters. The maximum Gasteiger partial charge on any atom is 0.262 e. The van der Waals surface area contributed by atoms with Crippen molar-refractivity contribution in [3.63, 3.8) is 0 Å². The molecule has 0 aliphatic carbocycles. The van der Waals surface area contributed by atoms with Crippen molar-refractivity contribution < 1.29 is 22.4 Å². The second-order valence-electron chi connectivity index (χ2n) is 7.88. The predicted octanol–water partition coefficient (Wildman–Crippen LogP) is 3.95. The SMILES string of the molecule is CC1CCN(C(=O)[C@H]2Sc3ccc(S(=O)(=O)Nc4ccc(F)cc4Cl)cc3NC2=O)CC1. The van der Waals surface area contributed by atoms with E-state index in [9.17, 15) is 22.4 Å². The van der Waals surface area contributed by atoms with E-state index in [-0.39, 0.29) is 21.5 Å². The number of fused-ring (bicyclic) bond motifs is 1. The largest absolute Gasteiger partial charge is 0.341 e. The minimum atomic E-state index is -4.04. The number of carbonyl (C=O) groups excluding carboxylic acids is 2. The van der Waals surface area contributed by atoms with Crippen LogP contribution in [0.15, 0.2) is 46.2 Å². The lowest BCUT2D eigenvalue weighted by molar-refractivity contribution is -0.135. The van der Waals surface area contributed by atoms with E-state index in [1.165, 1.54) is 18.2 Å². The van der Waals surface area contributed by atoms with Gasteiger partial charge < -0.3 is 10.2 Å². The second-order valence-corrected chi connectivity index (χ2v) is 11.1. The molecular formula is C21H21ClFN3O4S2. The summed E-state index contributed by atoms with van der Waals surface area (Å²) in [4.78, 5) is 27.7. The summed E-state index contributed by atoms with van der Waals surface area (Å²) in [7, 11) is -4.04. The second kappa shape index (κ2) is 8.92. The number of nitrogens with zero attached hydrogens (tertiary/aromatic N) is 1. The summed E-state index contributed by atoms with van der Waals surface area (Å²) in [6.07, 6.45) is 1.82. The molecule has 2 aromatic rings. The third-order valence-electron chi connectivity index (χ3n) is 5.50. The summed E-state index contributed by atoms with van der Waals surface area (Å²) in [5.41, 5.74) is 0.343. The molecule has 0 bridgehead atoms. The molecule has 2 amide bonds. The molecule has 7 nitrogen and oxygen atoms in total. The molecule has 32 heavy (non-hydrogen) atoms. The molecular weight excluding hydrogens is 477 g/mol. The Bertz CT molecular complexity index is 1180. The first-order valence-corrected chi connectivity index (χ1v) is 12.8. The van der Waals surface area contributed by atoms with Gasteiger partial charge in [-0.25, -0.2) is 12.8 Å². The van der Waals surface area contributed by atoms with Crippen LogP contribution in [0.25, 0.3) is 0 Å². The molecule has 2 aromatic carbocycles. The van der Waals surface area contributed by atoms with Crippen LogP contribution in [0.3, 0.4) is 0 Å². The fraction of sp³-hybridized carbons (Fsp3) is 0.333. The third kappa shape index (κ3) is 4.72. The Morgan fingerprint density at radius 3 is 2.62 bits per heavy atom. The zero-order chi connectivity index (χ0) is 23.0. The summed E-state index contributed by atoms with van der Waals surface area (Å²) in [6.45, 7) is 3.41. The van der Waals surface area contributed by atoms with E-state index in [4.69, 9.17) is 11.6 Å². The molecule has 2 heterocycles. The summed E-state index contributed by atoms with van der Waals surface area (Å²) >= 11 is 7.03. The van der Waals surface area contributed by atoms with Crippen molar-refractivity contribution in [3.05, 3.63) is 47.2 Å². The van der Waals surface area contributed by atoms with Crippen molar-refractivity contribution >= 4 is 56.6 Å². The van der Waals surface area contributed by atoms with Crippen molar-refractivity contribution in [2.45, 2.75) is 34.8 Å². The molecule has 170 valence electrons. The van der Waals surface area contributed by atoms with E-state index in [0.29, 0.717) is 29.6 Å². The van der Waals surface area contributed by atoms with E-state index in [1.807, 2.05) is 0 Å². The zero-order valence-electron chi connectivity index (χ0n) is 17.1. The van der Waals surface area contributed by atoms with Gasteiger partial charge in [0, 0.05) is 18.0 Å². The Balaban J connectivity index is 1.52. The maximum absolute atomic E-state index is 13.2. The number of amides is 2. The number of sulfonamides is 1. The van der Waals surface area contributed by atoms with E-state index >= 15 is 0 Å². The van der Waals surface area contributed by atoms with Gasteiger partial charge in [-0.15, -0.1) is 11.8 Å². The van der Waals surface area contributed by atoms with Crippen molar-refractivity contribution in [1.29, 1.82) is 0 Å². The average molecular weight is 498 g/mol. The Morgan fingerprint density at radius 2 is 1.94 bits per heavy atom. The van der Waals surface area contributed by atoms with Crippen LogP contribution in [0.2, 0.25) is 5.02 Å². The molecule has 1 atom stereocenters. The predicted molar refractivity (Wildman–Crippen MR) is 122 cm³/mol. The van der Waals surface area contributed by atoms with Crippen LogP contribution in [0, 0.1) is 11.7 Å². The summed E-state index contributed by atoms with van der Waals surface area (Å²) in [6, 6.07) is 7.58. The van der Waals surface area contributed by atoms with Gasteiger partial charge in [-0.1, -0.05) is 18.5 Å². The molecule has 11 heteroatoms. The number of likely N-dealkylation sites (tertiary alicyclic amines) is 1. The lowest BCUT2D eigenvalue weighted by atomic mass is 9.99. The highest BCUT2D eigenvalue weighted by atomic mass is 35.5. The van der Waals surface area contributed by atoms with Crippen molar-refractivity contribution in [2.75, 3.05) is 23.1 Å². The van der Waals surface area contributed by atoms with Gasteiger partial charge >= 0.3 is 0 Å². The first kappa shape index (κ1) is 22.9. The molecule has 1 saturated heterocycles. The van der Waals surface area contributed by atoms with Crippen LogP contribution in [0.1, 0.15) is 19.8 Å². The molecule has 1 fully saturated rings. The number of piperidine rings is 1. The summed E-state index contributed by atoms with van der Waals surface area (Å²) in [5.74, 6) is -0.731. The number of nitrogens with one attached hydrogen (secondary N) is 2. The van der Waals surface area contributed by atoms with E-state index in [2.05, 4.69) is 17.0 Å². The fourth-order valence-electron chi connectivity index (χ4n) is 3.59. The highest BCUT2D eigenvalue weighted by Crippen LogP contribution is 2.38. The topological polar surface area (TPSA) is 95.6 Å². The summed E-state index contributed by atoms with van der Waals surface area (Å²) < 4.78 is 41.1. The van der Waals surface area contributed by atoms with Gasteiger partial charge in [-0.2, -0.15) is 0 Å². The van der Waals surface area contributed by atoms with Crippen molar-refractivity contribution in [1.82, 2.24) is 4.90 Å². The first-order valence-electron chi connectivity index (χ1n) is 10.0. The number of thioether (sulfide) groups is 1. The van der Waals surface area contributed by atoms with Crippen LogP contribution in [-0.2, 0) is 19.6 Å². The van der Waals surface area contributed by atoms with Gasteiger partial charge in [0.1, 0.15) is 5.82 Å². The summed E-state index contributed by atoms with van der Waals surface area (Å²) in [5, 5.41) is 1.67. The smallest absolute Gasteiger partial charge is 0.262 e. The molecule has 0 saturated carbocycles. The number of anilines is 2. The van der Waals surface area contributed by atoms with Gasteiger partial charge in [0.25, 0.3) is 10.0 Å². The minimum Gasteiger partial charge on any atom is -0.341 e. The van der Waals surface area contributed by atoms with Gasteiger partial charge in [-0.05, 0) is 55.2 Å². The minimum absolute atomic E-state index is 0.0331. The lowest BCUT2D eigenvalue weighted by Crippen LogP contribution is -2.47. The van der Waals surface area contributed by atoms with Crippen LogP contribution in [0.4, 0.5) is 15.8 Å². The highest BCUT2D eigenvalue weighted by Gasteiger charge is 2.37. The van der Waals surface area contributed by atoms with Crippen molar-refractivity contribution in [3.8, 4) is 0 Å². The zero-order valence-corrected chi connectivity index (χ0v) is 19.5. The third-order valence-corrected chi connectivity index (χ3v) is 8.43. The highest BCUT2D eigenvalue weighted by molar-refractivity contribution is 8.01. The number of halogens is 2. The molecule has 2 N–H and O–H groups in total. The van der Waals surface area contributed by atoms with E-state index in [0.717, 1.165) is 36.7 Å². The van der Waals surface area contributed by atoms with Gasteiger partial charge in [-0.3, -0.25) is 14.3 Å². The van der Waals surface area contributed by atoms with Crippen LogP contribution in [0.5, 0.6) is 0 Å². The van der Waals surface area contributed by atoms with E-state index < -0.39 is 27.0 Å². The van der Waals surface area contributed by atoms with Gasteiger partial charge in [0.2, 0.25) is 11.8 Å². The van der Waals surface area contributed by atoms with Gasteiger partial charge in [0.05, 0.1) is 21.3 Å². The molecule has 2 aliphatic heterocycles. The molecule has 0 spiro atoms. The van der Waals surface area contributed by atoms with E-state index in [1.54, 1.807) is 11.0 Å². The fourth-order valence-corrected chi connectivity index (χ4v) is 6.02. The van der Waals surface area contributed by atoms with Crippen LogP contribution < -0.4 is 10.0 Å². The normalized spacial score (nSPS) is 19.3. The van der Waals surface area contributed by atoms with Crippen molar-refractivity contribution in [2.24, 2.45) is 5.92 Å². The molecule has 4 rings (SSSR count). The molecule has 0 radical (unpaired) electrons. The number of benzene rings is 2. The quantitative estimate of drug-likeness (QED) is 0.623. The first-order chi connectivity index (χ1) is 15.1. The Labute approximate surface area is 194 Å². The number of rotatable bonds is 4.